The Labute approximate surface area is 98.7 Å². The smallest absolute Gasteiger partial charge is 0.322 e. The minimum atomic E-state index is -1.10. The van der Waals surface area contributed by atoms with Gasteiger partial charge in [-0.1, -0.05) is 0 Å². The maximum atomic E-state index is 11.5. The number of rotatable bonds is 6. The molecule has 7 heteroatoms. The zero-order valence-electron chi connectivity index (χ0n) is 9.64. The molecule has 1 aliphatic heterocycles. The van der Waals surface area contributed by atoms with Gasteiger partial charge in [-0.25, -0.2) is 0 Å². The molecule has 0 radical (unpaired) electrons. The SMILES string of the molecule is COCCN1C[C@@H](C(=O)NCC(=O)O)CC1=O. The van der Waals surface area contributed by atoms with Crippen LogP contribution in [0.4, 0.5) is 0 Å². The number of carboxylic acid groups (broad SMARTS) is 1. The van der Waals surface area contributed by atoms with Gasteiger partial charge < -0.3 is 20.1 Å². The topological polar surface area (TPSA) is 95.9 Å². The lowest BCUT2D eigenvalue weighted by atomic mass is 10.1. The van der Waals surface area contributed by atoms with Crippen LogP contribution in [0.3, 0.4) is 0 Å². The fourth-order valence-corrected chi connectivity index (χ4v) is 1.67. The molecule has 1 atom stereocenters. The van der Waals surface area contributed by atoms with E-state index < -0.39 is 18.4 Å². The molecule has 0 aliphatic carbocycles. The Morgan fingerprint density at radius 1 is 1.59 bits per heavy atom. The molecular weight excluding hydrogens is 228 g/mol. The molecule has 17 heavy (non-hydrogen) atoms. The van der Waals surface area contributed by atoms with Crippen molar-refractivity contribution in [3.8, 4) is 0 Å². The van der Waals surface area contributed by atoms with E-state index in [0.29, 0.717) is 19.7 Å². The van der Waals surface area contributed by atoms with Gasteiger partial charge in [-0.2, -0.15) is 0 Å². The molecule has 2 N–H and O–H groups in total. The third-order valence-corrected chi connectivity index (χ3v) is 2.56. The predicted molar refractivity (Wildman–Crippen MR) is 57.2 cm³/mol. The molecular formula is C10H16N2O5. The Bertz CT molecular complexity index is 318. The van der Waals surface area contributed by atoms with Crippen LogP contribution >= 0.6 is 0 Å². The van der Waals surface area contributed by atoms with Crippen molar-refractivity contribution < 1.29 is 24.2 Å². The normalized spacial score (nSPS) is 19.5. The number of nitrogens with zero attached hydrogens (tertiary/aromatic N) is 1. The van der Waals surface area contributed by atoms with E-state index in [-0.39, 0.29) is 18.2 Å². The summed E-state index contributed by atoms with van der Waals surface area (Å²) in [5.41, 5.74) is 0. The largest absolute Gasteiger partial charge is 0.480 e. The highest BCUT2D eigenvalue weighted by Crippen LogP contribution is 2.17. The van der Waals surface area contributed by atoms with Crippen LogP contribution in [0.25, 0.3) is 0 Å². The van der Waals surface area contributed by atoms with E-state index in [1.165, 1.54) is 7.11 Å². The van der Waals surface area contributed by atoms with Crippen LogP contribution in [0.1, 0.15) is 6.42 Å². The molecule has 0 spiro atoms. The standard InChI is InChI=1S/C10H16N2O5/c1-17-3-2-12-6-7(4-8(12)13)10(16)11-5-9(14)15/h7H,2-6H2,1H3,(H,11,16)(H,14,15)/t7-/m0/s1. The van der Waals surface area contributed by atoms with Gasteiger partial charge in [0.2, 0.25) is 11.8 Å². The molecule has 0 aromatic heterocycles. The van der Waals surface area contributed by atoms with Gasteiger partial charge in [-0.15, -0.1) is 0 Å². The highest BCUT2D eigenvalue weighted by molar-refractivity contribution is 5.90. The lowest BCUT2D eigenvalue weighted by molar-refractivity contribution is -0.138. The minimum absolute atomic E-state index is 0.0995. The maximum Gasteiger partial charge on any atom is 0.322 e. The summed E-state index contributed by atoms with van der Waals surface area (Å²) in [5.74, 6) is -2.05. The lowest BCUT2D eigenvalue weighted by Crippen LogP contribution is -2.36. The van der Waals surface area contributed by atoms with Crippen molar-refractivity contribution in [1.82, 2.24) is 10.2 Å². The Morgan fingerprint density at radius 3 is 2.88 bits per heavy atom. The van der Waals surface area contributed by atoms with E-state index in [1.807, 2.05) is 0 Å². The first-order valence-corrected chi connectivity index (χ1v) is 5.30. The number of ether oxygens (including phenoxy) is 1. The third kappa shape index (κ3) is 4.03. The summed E-state index contributed by atoms with van der Waals surface area (Å²) in [6, 6.07) is 0. The predicted octanol–water partition coefficient (Wildman–Crippen LogP) is -1.32. The van der Waals surface area contributed by atoms with Gasteiger partial charge in [-0.3, -0.25) is 14.4 Å². The summed E-state index contributed by atoms with van der Waals surface area (Å²) in [4.78, 5) is 34.9. The van der Waals surface area contributed by atoms with Crippen molar-refractivity contribution in [2.45, 2.75) is 6.42 Å². The summed E-state index contributed by atoms with van der Waals surface area (Å²) in [5, 5.41) is 10.7. The monoisotopic (exact) mass is 244 g/mol. The number of likely N-dealkylation sites (tertiary alicyclic amines) is 1. The summed E-state index contributed by atoms with van der Waals surface area (Å²) in [7, 11) is 1.54. The molecule has 2 amide bonds. The molecule has 0 aromatic carbocycles. The Balaban J connectivity index is 2.39. The number of hydrogen-bond donors (Lipinski definition) is 2. The van der Waals surface area contributed by atoms with Gasteiger partial charge >= 0.3 is 5.97 Å². The summed E-state index contributed by atoms with van der Waals surface area (Å²) >= 11 is 0. The van der Waals surface area contributed by atoms with Gasteiger partial charge in [0, 0.05) is 26.6 Å². The van der Waals surface area contributed by atoms with E-state index in [1.54, 1.807) is 4.90 Å². The quantitative estimate of drug-likeness (QED) is 0.604. The van der Waals surface area contributed by atoms with Crippen molar-refractivity contribution in [1.29, 1.82) is 0 Å². The number of nitrogens with one attached hydrogen (secondary N) is 1. The number of hydrogen-bond acceptors (Lipinski definition) is 4. The van der Waals surface area contributed by atoms with E-state index in [0.717, 1.165) is 0 Å². The molecule has 0 saturated carbocycles. The number of amides is 2. The van der Waals surface area contributed by atoms with Crippen molar-refractivity contribution in [2.75, 3.05) is 33.4 Å². The second-order valence-electron chi connectivity index (χ2n) is 3.85. The number of carbonyl (C=O) groups excluding carboxylic acids is 2. The molecule has 1 saturated heterocycles. The Kier molecular flexibility index (Phi) is 4.89. The zero-order chi connectivity index (χ0) is 12.8. The first kappa shape index (κ1) is 13.4. The lowest BCUT2D eigenvalue weighted by Gasteiger charge is -2.15. The molecule has 0 bridgehead atoms. The Hall–Kier alpha value is -1.63. The third-order valence-electron chi connectivity index (χ3n) is 2.56. The molecule has 0 unspecified atom stereocenters. The fourth-order valence-electron chi connectivity index (χ4n) is 1.67. The summed E-state index contributed by atoms with van der Waals surface area (Å²) in [6.07, 6.45) is 0.134. The fraction of sp³-hybridized carbons (Fsp3) is 0.700. The molecule has 1 rings (SSSR count). The highest BCUT2D eigenvalue weighted by atomic mass is 16.5. The second kappa shape index (κ2) is 6.19. The molecule has 0 aromatic rings. The maximum absolute atomic E-state index is 11.5. The molecule has 1 aliphatic rings. The van der Waals surface area contributed by atoms with E-state index in [2.05, 4.69) is 5.32 Å². The summed E-state index contributed by atoms with van der Waals surface area (Å²) < 4.78 is 4.85. The van der Waals surface area contributed by atoms with Gasteiger partial charge in [0.1, 0.15) is 6.54 Å². The number of aliphatic carboxylic acids is 1. The zero-order valence-corrected chi connectivity index (χ0v) is 9.64. The average Bonchev–Trinajstić information content (AvgIpc) is 2.65. The van der Waals surface area contributed by atoms with Crippen LogP contribution in [0.2, 0.25) is 0 Å². The van der Waals surface area contributed by atoms with Crippen LogP contribution in [-0.4, -0.2) is 61.1 Å². The van der Waals surface area contributed by atoms with Crippen molar-refractivity contribution in [2.24, 2.45) is 5.92 Å². The average molecular weight is 244 g/mol. The van der Waals surface area contributed by atoms with Crippen LogP contribution < -0.4 is 5.32 Å². The van der Waals surface area contributed by atoms with Gasteiger partial charge in [-0.05, 0) is 0 Å². The Morgan fingerprint density at radius 2 is 2.29 bits per heavy atom. The molecule has 7 nitrogen and oxygen atoms in total. The number of carbonyl (C=O) groups is 3. The van der Waals surface area contributed by atoms with Crippen LogP contribution in [0, 0.1) is 5.92 Å². The van der Waals surface area contributed by atoms with Crippen molar-refractivity contribution in [3.05, 3.63) is 0 Å². The van der Waals surface area contributed by atoms with E-state index in [4.69, 9.17) is 9.84 Å². The molecule has 1 heterocycles. The van der Waals surface area contributed by atoms with Gasteiger partial charge in [0.15, 0.2) is 0 Å². The van der Waals surface area contributed by atoms with Crippen LogP contribution in [0.15, 0.2) is 0 Å². The van der Waals surface area contributed by atoms with Crippen LogP contribution in [-0.2, 0) is 19.1 Å². The van der Waals surface area contributed by atoms with Crippen molar-refractivity contribution >= 4 is 17.8 Å². The van der Waals surface area contributed by atoms with Crippen molar-refractivity contribution in [3.63, 3.8) is 0 Å². The number of carboxylic acids is 1. The first-order valence-electron chi connectivity index (χ1n) is 5.30. The second-order valence-corrected chi connectivity index (χ2v) is 3.85. The molecule has 1 fully saturated rings. The summed E-state index contributed by atoms with van der Waals surface area (Å²) in [6.45, 7) is 0.794. The molecule has 96 valence electrons. The van der Waals surface area contributed by atoms with Gasteiger partial charge in [0.05, 0.1) is 12.5 Å². The van der Waals surface area contributed by atoms with Gasteiger partial charge in [0.25, 0.3) is 0 Å². The van der Waals surface area contributed by atoms with E-state index in [9.17, 15) is 14.4 Å². The number of methoxy groups -OCH3 is 1. The van der Waals surface area contributed by atoms with Crippen LogP contribution in [0.5, 0.6) is 0 Å². The van der Waals surface area contributed by atoms with E-state index >= 15 is 0 Å². The minimum Gasteiger partial charge on any atom is -0.480 e. The first-order chi connectivity index (χ1) is 8.04. The highest BCUT2D eigenvalue weighted by Gasteiger charge is 2.33.